The van der Waals surface area contributed by atoms with Crippen LogP contribution in [-0.4, -0.2) is 37.5 Å². The number of carbonyl (C=O) groups is 1. The topological polar surface area (TPSA) is 55.8 Å². The second-order valence-corrected chi connectivity index (χ2v) is 8.11. The molecule has 4 rings (SSSR count). The third kappa shape index (κ3) is 2.62. The zero-order valence-corrected chi connectivity index (χ0v) is 15.5. The van der Waals surface area contributed by atoms with Gasteiger partial charge >= 0.3 is 5.97 Å². The number of benzene rings is 1. The van der Waals surface area contributed by atoms with Gasteiger partial charge in [-0.15, -0.1) is 0 Å². The predicted molar refractivity (Wildman–Crippen MR) is 99.1 cm³/mol. The molecule has 1 spiro atoms. The molecule has 2 bridgehead atoms. The van der Waals surface area contributed by atoms with Gasteiger partial charge in [0, 0.05) is 0 Å². The monoisotopic (exact) mass is 356 g/mol. The first-order valence-corrected chi connectivity index (χ1v) is 9.71. The van der Waals surface area contributed by atoms with Gasteiger partial charge in [-0.2, -0.15) is 0 Å². The van der Waals surface area contributed by atoms with Crippen LogP contribution in [0.4, 0.5) is 0 Å². The smallest absolute Gasteiger partial charge is 0.314 e. The Balaban J connectivity index is 1.63. The number of aliphatic hydroxyl groups excluding tert-OH is 1. The van der Waals surface area contributed by atoms with Crippen LogP contribution in [-0.2, 0) is 14.3 Å². The van der Waals surface area contributed by atoms with Crippen LogP contribution in [0.2, 0.25) is 0 Å². The van der Waals surface area contributed by atoms with Gasteiger partial charge < -0.3 is 14.6 Å². The molecular formula is C22H28O4. The summed E-state index contributed by atoms with van der Waals surface area (Å²) in [4.78, 5) is 13.2. The minimum absolute atomic E-state index is 0.0164. The number of allylic oxidation sites excluding steroid dienone is 1. The highest BCUT2D eigenvalue weighted by Gasteiger charge is 2.62. The predicted octanol–water partition coefficient (Wildman–Crippen LogP) is 3.47. The first-order chi connectivity index (χ1) is 12.6. The summed E-state index contributed by atoms with van der Waals surface area (Å²) in [6.45, 7) is 7.26. The number of rotatable bonds is 6. The lowest BCUT2D eigenvalue weighted by atomic mass is 9.64. The molecule has 0 amide bonds. The Labute approximate surface area is 155 Å². The van der Waals surface area contributed by atoms with Crippen molar-refractivity contribution in [3.8, 4) is 0 Å². The summed E-state index contributed by atoms with van der Waals surface area (Å²) in [5, 5.41) is 8.77. The van der Waals surface area contributed by atoms with Gasteiger partial charge in [-0.25, -0.2) is 0 Å². The van der Waals surface area contributed by atoms with Crippen LogP contribution in [0.3, 0.4) is 0 Å². The molecule has 4 heteroatoms. The van der Waals surface area contributed by atoms with Crippen LogP contribution in [0.5, 0.6) is 0 Å². The van der Waals surface area contributed by atoms with Crippen molar-refractivity contribution in [3.63, 3.8) is 0 Å². The summed E-state index contributed by atoms with van der Waals surface area (Å²) in [5.41, 5.74) is 5.03. The average Bonchev–Trinajstić information content (AvgIpc) is 3.05. The van der Waals surface area contributed by atoms with Gasteiger partial charge in [-0.3, -0.25) is 4.79 Å². The highest BCUT2D eigenvalue weighted by molar-refractivity contribution is 5.83. The largest absolute Gasteiger partial charge is 0.463 e. The van der Waals surface area contributed by atoms with Gasteiger partial charge in [0.05, 0.1) is 25.7 Å². The van der Waals surface area contributed by atoms with Gasteiger partial charge in [-0.05, 0) is 66.5 Å². The molecular weight excluding hydrogens is 328 g/mol. The number of hydrogen-bond donors (Lipinski definition) is 1. The van der Waals surface area contributed by atoms with Crippen molar-refractivity contribution in [2.24, 2.45) is 11.3 Å². The second kappa shape index (κ2) is 6.82. The number of carbonyl (C=O) groups excluding carboxylic acids is 1. The molecule has 4 atom stereocenters. The Kier molecular flexibility index (Phi) is 4.66. The maximum atomic E-state index is 13.2. The van der Waals surface area contributed by atoms with Crippen molar-refractivity contribution < 1.29 is 19.4 Å². The van der Waals surface area contributed by atoms with Gasteiger partial charge in [0.15, 0.2) is 0 Å². The first kappa shape index (κ1) is 17.7. The van der Waals surface area contributed by atoms with E-state index in [2.05, 4.69) is 31.7 Å². The van der Waals surface area contributed by atoms with E-state index in [1.54, 1.807) is 0 Å². The number of hydrogen-bond acceptors (Lipinski definition) is 4. The van der Waals surface area contributed by atoms with E-state index >= 15 is 0 Å². The van der Waals surface area contributed by atoms with Gasteiger partial charge in [0.25, 0.3) is 0 Å². The van der Waals surface area contributed by atoms with E-state index in [1.807, 2.05) is 0 Å². The molecule has 140 valence electrons. The molecule has 2 fully saturated rings. The molecule has 0 saturated heterocycles. The van der Waals surface area contributed by atoms with E-state index in [-0.39, 0.29) is 37.1 Å². The minimum atomic E-state index is -0.191. The third-order valence-corrected chi connectivity index (χ3v) is 6.80. The number of esters is 1. The fourth-order valence-electron chi connectivity index (χ4n) is 5.85. The lowest BCUT2D eigenvalue weighted by Gasteiger charge is -2.39. The number of fused-ring (bicyclic) bond motifs is 3. The van der Waals surface area contributed by atoms with Crippen molar-refractivity contribution in [1.29, 1.82) is 0 Å². The SMILES string of the molecule is C=C1C[C@]23C[C@H]1CCC2c1cccc(C)c1[C@@H]3C(=O)OCCOCCO. The van der Waals surface area contributed by atoms with Crippen LogP contribution < -0.4 is 0 Å². The number of ether oxygens (including phenoxy) is 2. The summed E-state index contributed by atoms with van der Waals surface area (Å²) in [6.07, 6.45) is 4.33. The molecule has 0 aromatic heterocycles. The van der Waals surface area contributed by atoms with Crippen LogP contribution in [0.15, 0.2) is 30.4 Å². The lowest BCUT2D eigenvalue weighted by molar-refractivity contribution is -0.151. The Morgan fingerprint density at radius 1 is 1.31 bits per heavy atom. The molecule has 1 aromatic carbocycles. The minimum Gasteiger partial charge on any atom is -0.463 e. The van der Waals surface area contributed by atoms with E-state index in [1.165, 1.54) is 28.7 Å². The Bertz CT molecular complexity index is 725. The second-order valence-electron chi connectivity index (χ2n) is 8.11. The molecule has 0 heterocycles. The standard InChI is InChI=1S/C22H28O4/c1-14-4-3-5-17-18-7-6-16-13-22(18,12-15(16)2)20(19(14)17)21(24)26-11-10-25-9-8-23/h3-5,16,18,20,23H,2,6-13H2,1H3/t16-,18?,20-,22+/m1/s1. The molecule has 0 aliphatic heterocycles. The lowest BCUT2D eigenvalue weighted by Crippen LogP contribution is -2.35. The third-order valence-electron chi connectivity index (χ3n) is 6.80. The van der Waals surface area contributed by atoms with E-state index in [0.717, 1.165) is 19.3 Å². The fourth-order valence-corrected chi connectivity index (χ4v) is 5.85. The van der Waals surface area contributed by atoms with Crippen LogP contribution >= 0.6 is 0 Å². The highest BCUT2D eigenvalue weighted by atomic mass is 16.6. The number of aliphatic hydroxyl groups is 1. The maximum Gasteiger partial charge on any atom is 0.314 e. The zero-order chi connectivity index (χ0) is 18.3. The molecule has 3 aliphatic rings. The van der Waals surface area contributed by atoms with Crippen molar-refractivity contribution in [3.05, 3.63) is 47.0 Å². The van der Waals surface area contributed by atoms with E-state index in [4.69, 9.17) is 14.6 Å². The van der Waals surface area contributed by atoms with Crippen LogP contribution in [0.25, 0.3) is 0 Å². The van der Waals surface area contributed by atoms with E-state index in [9.17, 15) is 4.79 Å². The fraction of sp³-hybridized carbons (Fsp3) is 0.591. The molecule has 0 radical (unpaired) electrons. The normalized spacial score (nSPS) is 31.6. The highest BCUT2D eigenvalue weighted by Crippen LogP contribution is 2.70. The molecule has 1 aromatic rings. The summed E-state index contributed by atoms with van der Waals surface area (Å²) < 4.78 is 10.9. The first-order valence-electron chi connectivity index (χ1n) is 9.71. The average molecular weight is 356 g/mol. The Morgan fingerprint density at radius 2 is 2.15 bits per heavy atom. The van der Waals surface area contributed by atoms with Crippen molar-refractivity contribution in [1.82, 2.24) is 0 Å². The summed E-state index contributed by atoms with van der Waals surface area (Å²) >= 11 is 0. The van der Waals surface area contributed by atoms with E-state index < -0.39 is 0 Å². The molecule has 3 aliphatic carbocycles. The summed E-state index contributed by atoms with van der Waals surface area (Å²) in [5.74, 6) is 0.690. The quantitative estimate of drug-likeness (QED) is 0.482. The number of aryl methyl sites for hydroxylation is 1. The van der Waals surface area contributed by atoms with Crippen molar-refractivity contribution in [2.75, 3.05) is 26.4 Å². The maximum absolute atomic E-state index is 13.2. The van der Waals surface area contributed by atoms with Gasteiger partial charge in [0.2, 0.25) is 0 Å². The van der Waals surface area contributed by atoms with Crippen LogP contribution in [0, 0.1) is 18.3 Å². The zero-order valence-electron chi connectivity index (χ0n) is 15.5. The Morgan fingerprint density at radius 3 is 2.96 bits per heavy atom. The van der Waals surface area contributed by atoms with Gasteiger partial charge in [0.1, 0.15) is 6.61 Å². The summed E-state index contributed by atoms with van der Waals surface area (Å²) in [6, 6.07) is 6.45. The van der Waals surface area contributed by atoms with Gasteiger partial charge in [-0.1, -0.05) is 30.4 Å². The van der Waals surface area contributed by atoms with Crippen molar-refractivity contribution >= 4 is 5.97 Å². The van der Waals surface area contributed by atoms with Crippen LogP contribution in [0.1, 0.15) is 54.2 Å². The van der Waals surface area contributed by atoms with E-state index in [0.29, 0.717) is 18.4 Å². The molecule has 2 saturated carbocycles. The summed E-state index contributed by atoms with van der Waals surface area (Å²) in [7, 11) is 0. The molecule has 1 unspecified atom stereocenters. The Hall–Kier alpha value is -1.65. The van der Waals surface area contributed by atoms with Crippen molar-refractivity contribution in [2.45, 2.75) is 44.4 Å². The molecule has 26 heavy (non-hydrogen) atoms. The molecule has 4 nitrogen and oxygen atoms in total. The molecule has 1 N–H and O–H groups in total.